The van der Waals surface area contributed by atoms with Gasteiger partial charge in [-0.2, -0.15) is 8.42 Å². The van der Waals surface area contributed by atoms with Gasteiger partial charge in [0.05, 0.1) is 19.2 Å². The van der Waals surface area contributed by atoms with Crippen molar-refractivity contribution < 1.29 is 52.3 Å². The lowest BCUT2D eigenvalue weighted by Crippen LogP contribution is -2.63. The van der Waals surface area contributed by atoms with Gasteiger partial charge in [-0.25, -0.2) is 4.18 Å². The highest BCUT2D eigenvalue weighted by Gasteiger charge is 2.50. The molecule has 0 spiro atoms. The van der Waals surface area contributed by atoms with E-state index < -0.39 is 53.6 Å². The average molecular weight is 333 g/mol. The van der Waals surface area contributed by atoms with Crippen LogP contribution in [0.25, 0.3) is 0 Å². The van der Waals surface area contributed by atoms with Crippen molar-refractivity contribution in [1.29, 1.82) is 0 Å². The number of aliphatic hydroxyl groups excluding tert-OH is 3. The highest BCUT2D eigenvalue weighted by Crippen LogP contribution is 2.22. The van der Waals surface area contributed by atoms with Gasteiger partial charge in [-0.3, -0.25) is 14.7 Å². The van der Waals surface area contributed by atoms with Crippen LogP contribution in [0, 0.1) is 0 Å². The van der Waals surface area contributed by atoms with Gasteiger partial charge in [0.1, 0.15) is 18.5 Å². The summed E-state index contributed by atoms with van der Waals surface area (Å²) >= 11 is 0. The molecule has 7 N–H and O–H groups in total. The minimum absolute atomic E-state index is 0.101. The van der Waals surface area contributed by atoms with Crippen molar-refractivity contribution >= 4 is 22.7 Å². The molecule has 0 amide bonds. The zero-order valence-corrected chi connectivity index (χ0v) is 11.2. The third-order valence-corrected chi connectivity index (χ3v) is 2.77. The molecule has 0 rings (SSSR count). The number of carboxylic acid groups (broad SMARTS) is 1. The molecular formula is C8H15NO11S. The van der Waals surface area contributed by atoms with E-state index >= 15 is 0 Å². The van der Waals surface area contributed by atoms with Gasteiger partial charge in [0.15, 0.2) is 0 Å². The Hall–Kier alpha value is -1.19. The van der Waals surface area contributed by atoms with Crippen LogP contribution in [0.1, 0.15) is 0 Å². The summed E-state index contributed by atoms with van der Waals surface area (Å²) in [6.45, 7) is -2.18. The lowest BCUT2D eigenvalue weighted by Gasteiger charge is -2.36. The smallest absolute Gasteiger partial charge is 0.400 e. The number of carbonyl (C=O) groups excluding carboxylic acids is 1. The Bertz CT molecular complexity index is 465. The quantitative estimate of drug-likeness (QED) is 0.114. The normalized spacial score (nSPS) is 19.3. The van der Waals surface area contributed by atoms with Crippen LogP contribution < -0.4 is 5.32 Å². The van der Waals surface area contributed by atoms with E-state index in [4.69, 9.17) is 14.8 Å². The van der Waals surface area contributed by atoms with Crippen LogP contribution in [0.3, 0.4) is 0 Å². The van der Waals surface area contributed by atoms with Crippen molar-refractivity contribution in [2.75, 3.05) is 13.2 Å². The maximum absolute atomic E-state index is 10.7. The van der Waals surface area contributed by atoms with Crippen LogP contribution in [-0.4, -0.2) is 87.9 Å². The fourth-order valence-electron chi connectivity index (χ4n) is 1.30. The summed E-state index contributed by atoms with van der Waals surface area (Å²) in [5.74, 6) is -4.95. The number of carbonyl (C=O) groups is 2. The van der Waals surface area contributed by atoms with Crippen molar-refractivity contribution in [1.82, 2.24) is 5.32 Å². The summed E-state index contributed by atoms with van der Waals surface area (Å²) in [6.07, 6.45) is -5.09. The van der Waals surface area contributed by atoms with E-state index in [1.165, 1.54) is 0 Å². The second-order valence-electron chi connectivity index (χ2n) is 3.84. The van der Waals surface area contributed by atoms with Crippen LogP contribution in [0.4, 0.5) is 0 Å². The minimum Gasteiger partial charge on any atom is -0.480 e. The molecule has 4 atom stereocenters. The van der Waals surface area contributed by atoms with Gasteiger partial charge >= 0.3 is 16.4 Å². The lowest BCUT2D eigenvalue weighted by atomic mass is 9.98. The fourth-order valence-corrected chi connectivity index (χ4v) is 1.85. The number of hydrogen-bond acceptors (Lipinski definition) is 10. The van der Waals surface area contributed by atoms with Crippen LogP contribution in [0.15, 0.2) is 0 Å². The second-order valence-corrected chi connectivity index (χ2v) is 4.86. The highest BCUT2D eigenvalue weighted by atomic mass is 32.3. The molecule has 0 aromatic heterocycles. The van der Waals surface area contributed by atoms with Crippen molar-refractivity contribution in [2.45, 2.75) is 24.0 Å². The molecule has 0 bridgehead atoms. The Morgan fingerprint density at radius 2 is 1.90 bits per heavy atom. The van der Waals surface area contributed by atoms with E-state index in [1.807, 2.05) is 5.32 Å². The zero-order valence-electron chi connectivity index (χ0n) is 10.4. The molecule has 0 aromatic carbocycles. The van der Waals surface area contributed by atoms with Crippen LogP contribution in [0.2, 0.25) is 0 Å². The van der Waals surface area contributed by atoms with Crippen molar-refractivity contribution in [3.63, 3.8) is 0 Å². The van der Waals surface area contributed by atoms with Crippen molar-refractivity contribution in [2.24, 2.45) is 0 Å². The van der Waals surface area contributed by atoms with Crippen LogP contribution in [-0.2, 0) is 24.2 Å². The first kappa shape index (κ1) is 19.8. The number of aldehydes is 1. The van der Waals surface area contributed by atoms with Crippen LogP contribution >= 0.6 is 0 Å². The molecule has 124 valence electrons. The summed E-state index contributed by atoms with van der Waals surface area (Å²) in [5, 5.41) is 47.8. The molecule has 21 heavy (non-hydrogen) atoms. The van der Waals surface area contributed by atoms with E-state index in [-0.39, 0.29) is 6.29 Å². The number of rotatable bonds is 10. The third kappa shape index (κ3) is 5.98. The SMILES string of the molecule is O=C[C@H](NCC(=O)O)[C@@H](O)[C@](O)(OS(=O)(=O)O)[C@H](O)CO. The molecule has 0 fully saturated rings. The monoisotopic (exact) mass is 333 g/mol. The zero-order chi connectivity index (χ0) is 16.8. The van der Waals surface area contributed by atoms with E-state index in [1.54, 1.807) is 0 Å². The van der Waals surface area contributed by atoms with E-state index in [2.05, 4.69) is 4.18 Å². The third-order valence-electron chi connectivity index (χ3n) is 2.29. The molecule has 0 heterocycles. The molecule has 0 aromatic rings. The Kier molecular flexibility index (Phi) is 7.28. The van der Waals surface area contributed by atoms with Gasteiger partial charge in [-0.05, 0) is 0 Å². The summed E-state index contributed by atoms with van der Waals surface area (Å²) in [6, 6.07) is -1.89. The van der Waals surface area contributed by atoms with E-state index in [0.717, 1.165) is 0 Å². The maximum atomic E-state index is 10.7. The first-order chi connectivity index (χ1) is 9.47. The standard InChI is InChI=1S/C8H15NO11S/c10-2-4(9-1-6(13)14)7(15)8(16,5(12)3-11)20-21(17,18)19/h2,4-5,7,9,11-12,15-16H,1,3H2,(H,13,14)(H,17,18,19)/t4-,5+,7+,8+/m0/s1. The van der Waals surface area contributed by atoms with Gasteiger partial charge in [0.25, 0.3) is 0 Å². The Balaban J connectivity index is 5.38. The lowest BCUT2D eigenvalue weighted by molar-refractivity contribution is -0.267. The van der Waals surface area contributed by atoms with Gasteiger partial charge in [-0.1, -0.05) is 0 Å². The van der Waals surface area contributed by atoms with E-state index in [9.17, 15) is 33.3 Å². The number of aliphatic hydroxyl groups is 4. The predicted molar refractivity (Wildman–Crippen MR) is 62.2 cm³/mol. The Morgan fingerprint density at radius 3 is 2.24 bits per heavy atom. The van der Waals surface area contributed by atoms with Gasteiger partial charge in [0.2, 0.25) is 5.79 Å². The predicted octanol–water partition coefficient (Wildman–Crippen LogP) is -4.55. The first-order valence-electron chi connectivity index (χ1n) is 5.25. The number of aliphatic carboxylic acids is 1. The summed E-state index contributed by atoms with van der Waals surface area (Å²) in [7, 11) is -5.40. The molecule has 0 saturated carbocycles. The number of nitrogens with one attached hydrogen (secondary N) is 1. The van der Waals surface area contributed by atoms with Gasteiger partial charge in [0, 0.05) is 0 Å². The first-order valence-corrected chi connectivity index (χ1v) is 6.62. The van der Waals surface area contributed by atoms with Crippen molar-refractivity contribution in [3.8, 4) is 0 Å². The molecule has 0 unspecified atom stereocenters. The van der Waals surface area contributed by atoms with Gasteiger partial charge in [-0.15, -0.1) is 0 Å². The van der Waals surface area contributed by atoms with Crippen LogP contribution in [0.5, 0.6) is 0 Å². The topological polar surface area (TPSA) is 211 Å². The highest BCUT2D eigenvalue weighted by molar-refractivity contribution is 7.80. The summed E-state index contributed by atoms with van der Waals surface area (Å²) in [4.78, 5) is 21.1. The maximum Gasteiger partial charge on any atom is 0.400 e. The molecule has 0 aliphatic heterocycles. The summed E-state index contributed by atoms with van der Waals surface area (Å²) < 4.78 is 33.4. The Morgan fingerprint density at radius 1 is 1.38 bits per heavy atom. The number of carboxylic acids is 1. The second kappa shape index (κ2) is 7.71. The molecule has 13 heteroatoms. The fraction of sp³-hybridized carbons (Fsp3) is 0.750. The molecule has 0 radical (unpaired) electrons. The molecule has 0 saturated heterocycles. The molecule has 12 nitrogen and oxygen atoms in total. The summed E-state index contributed by atoms with van der Waals surface area (Å²) in [5.41, 5.74) is 0. The van der Waals surface area contributed by atoms with Gasteiger partial charge < -0.3 is 30.3 Å². The van der Waals surface area contributed by atoms with Crippen molar-refractivity contribution in [3.05, 3.63) is 0 Å². The molecule has 0 aliphatic carbocycles. The Labute approximate surface area is 118 Å². The molecule has 0 aliphatic rings. The number of hydrogen-bond donors (Lipinski definition) is 7. The largest absolute Gasteiger partial charge is 0.480 e. The van der Waals surface area contributed by atoms with E-state index in [0.29, 0.717) is 0 Å². The minimum atomic E-state index is -5.40. The average Bonchev–Trinajstić information content (AvgIpc) is 2.35. The molecular weight excluding hydrogens is 318 g/mol.